The Hall–Kier alpha value is -1.13. The van der Waals surface area contributed by atoms with Crippen LogP contribution in [-0.4, -0.2) is 29.1 Å². The van der Waals surface area contributed by atoms with Crippen molar-refractivity contribution >= 4 is 17.2 Å². The molecular formula is C16H24N2OS. The number of piperidine rings is 1. The fourth-order valence-electron chi connectivity index (χ4n) is 3.03. The molecule has 0 radical (unpaired) electrons. The predicted molar refractivity (Wildman–Crippen MR) is 87.2 cm³/mol. The molecule has 1 heterocycles. The molecule has 2 N–H and O–H groups in total. The van der Waals surface area contributed by atoms with Gasteiger partial charge in [-0.2, -0.15) is 0 Å². The molecule has 0 aliphatic carbocycles. The summed E-state index contributed by atoms with van der Waals surface area (Å²) in [6.45, 7) is 5.59. The molecule has 1 aromatic rings. The fourth-order valence-corrected chi connectivity index (χ4v) is 3.20. The van der Waals surface area contributed by atoms with Gasteiger partial charge in [-0.3, -0.25) is 4.90 Å². The maximum absolute atomic E-state index is 5.71. The summed E-state index contributed by atoms with van der Waals surface area (Å²) < 4.78 is 5.40. The number of nitrogens with zero attached hydrogens (tertiary/aromatic N) is 1. The Morgan fingerprint density at radius 2 is 2.00 bits per heavy atom. The number of likely N-dealkylation sites (tertiary alicyclic amines) is 1. The summed E-state index contributed by atoms with van der Waals surface area (Å²) in [6.07, 6.45) is 3.90. The van der Waals surface area contributed by atoms with Crippen LogP contribution in [-0.2, 0) is 6.54 Å². The van der Waals surface area contributed by atoms with Crippen molar-refractivity contribution in [3.8, 4) is 5.75 Å². The van der Waals surface area contributed by atoms with E-state index < -0.39 is 0 Å². The molecule has 2 atom stereocenters. The van der Waals surface area contributed by atoms with Gasteiger partial charge in [0, 0.05) is 18.6 Å². The minimum absolute atomic E-state index is 0.383. The van der Waals surface area contributed by atoms with Crippen LogP contribution in [0.3, 0.4) is 0 Å². The summed E-state index contributed by atoms with van der Waals surface area (Å²) in [5.74, 6) is 0.771. The van der Waals surface area contributed by atoms with E-state index in [0.29, 0.717) is 17.1 Å². The van der Waals surface area contributed by atoms with Crippen molar-refractivity contribution < 1.29 is 4.74 Å². The third-order valence-corrected chi connectivity index (χ3v) is 4.49. The van der Waals surface area contributed by atoms with E-state index in [9.17, 15) is 0 Å². The lowest BCUT2D eigenvalue weighted by atomic mass is 9.96. The normalized spacial score (nSPS) is 23.6. The number of hydrogen-bond donors (Lipinski definition) is 1. The van der Waals surface area contributed by atoms with Crippen LogP contribution in [0.15, 0.2) is 18.2 Å². The first kappa shape index (κ1) is 15.3. The van der Waals surface area contributed by atoms with Gasteiger partial charge in [0.1, 0.15) is 10.7 Å². The van der Waals surface area contributed by atoms with E-state index in [-0.39, 0.29) is 0 Å². The van der Waals surface area contributed by atoms with Crippen molar-refractivity contribution in [2.75, 3.05) is 7.11 Å². The monoisotopic (exact) mass is 292 g/mol. The van der Waals surface area contributed by atoms with Crippen molar-refractivity contribution in [3.05, 3.63) is 29.3 Å². The van der Waals surface area contributed by atoms with E-state index in [1.54, 1.807) is 7.11 Å². The molecule has 0 amide bonds. The van der Waals surface area contributed by atoms with Gasteiger partial charge in [0.15, 0.2) is 0 Å². The van der Waals surface area contributed by atoms with Gasteiger partial charge >= 0.3 is 0 Å². The van der Waals surface area contributed by atoms with Crippen LogP contribution in [0, 0.1) is 0 Å². The van der Waals surface area contributed by atoms with Gasteiger partial charge in [-0.05, 0) is 44.4 Å². The number of hydrogen-bond acceptors (Lipinski definition) is 3. The maximum atomic E-state index is 5.71. The average Bonchev–Trinajstić information content (AvgIpc) is 2.42. The molecule has 4 heteroatoms. The Morgan fingerprint density at radius 3 is 2.55 bits per heavy atom. The Balaban J connectivity index is 2.19. The van der Waals surface area contributed by atoms with Gasteiger partial charge in [-0.1, -0.05) is 24.7 Å². The van der Waals surface area contributed by atoms with Crippen LogP contribution in [0.4, 0.5) is 0 Å². The zero-order chi connectivity index (χ0) is 14.7. The first-order valence-electron chi connectivity index (χ1n) is 7.25. The molecule has 1 aromatic carbocycles. The second-order valence-corrected chi connectivity index (χ2v) is 6.14. The van der Waals surface area contributed by atoms with Crippen LogP contribution in [0.5, 0.6) is 5.75 Å². The average molecular weight is 292 g/mol. The highest BCUT2D eigenvalue weighted by Gasteiger charge is 2.24. The minimum atomic E-state index is 0.383. The smallest absolute Gasteiger partial charge is 0.129 e. The first-order valence-corrected chi connectivity index (χ1v) is 7.66. The van der Waals surface area contributed by atoms with Crippen molar-refractivity contribution in [1.82, 2.24) is 4.90 Å². The lowest BCUT2D eigenvalue weighted by Crippen LogP contribution is -2.42. The van der Waals surface area contributed by atoms with Gasteiger partial charge in [0.25, 0.3) is 0 Å². The highest BCUT2D eigenvalue weighted by molar-refractivity contribution is 7.80. The standard InChI is InChI=1S/C16H24N2OS/c1-11-5-4-6-12(2)18(11)10-13-7-8-14(16(17)20)15(9-13)19-3/h7-9,11-12H,4-6,10H2,1-3H3,(H2,17,20). The largest absolute Gasteiger partial charge is 0.496 e. The minimum Gasteiger partial charge on any atom is -0.496 e. The molecule has 1 aliphatic rings. The lowest BCUT2D eigenvalue weighted by Gasteiger charge is -2.39. The molecule has 110 valence electrons. The highest BCUT2D eigenvalue weighted by atomic mass is 32.1. The third kappa shape index (κ3) is 3.30. The number of methoxy groups -OCH3 is 1. The van der Waals surface area contributed by atoms with E-state index in [2.05, 4.69) is 30.9 Å². The van der Waals surface area contributed by atoms with Crippen LogP contribution >= 0.6 is 12.2 Å². The molecule has 0 bridgehead atoms. The van der Waals surface area contributed by atoms with E-state index in [0.717, 1.165) is 17.9 Å². The third-order valence-electron chi connectivity index (χ3n) is 4.27. The van der Waals surface area contributed by atoms with E-state index in [1.807, 2.05) is 6.07 Å². The van der Waals surface area contributed by atoms with Gasteiger partial charge in [-0.15, -0.1) is 0 Å². The molecule has 2 unspecified atom stereocenters. The maximum Gasteiger partial charge on any atom is 0.129 e. The van der Waals surface area contributed by atoms with Crippen molar-refractivity contribution in [3.63, 3.8) is 0 Å². The van der Waals surface area contributed by atoms with Gasteiger partial charge < -0.3 is 10.5 Å². The molecule has 20 heavy (non-hydrogen) atoms. The Labute approximate surface area is 127 Å². The number of rotatable bonds is 4. The van der Waals surface area contributed by atoms with E-state index in [4.69, 9.17) is 22.7 Å². The van der Waals surface area contributed by atoms with Crippen LogP contribution in [0.1, 0.15) is 44.2 Å². The van der Waals surface area contributed by atoms with Crippen molar-refractivity contribution in [2.45, 2.75) is 51.7 Å². The molecule has 1 saturated heterocycles. The predicted octanol–water partition coefficient (Wildman–Crippen LogP) is 3.09. The Bertz CT molecular complexity index is 479. The summed E-state index contributed by atoms with van der Waals surface area (Å²) in [4.78, 5) is 2.95. The zero-order valence-corrected chi connectivity index (χ0v) is 13.4. The summed E-state index contributed by atoms with van der Waals surface area (Å²) in [5.41, 5.74) is 7.77. The topological polar surface area (TPSA) is 38.5 Å². The first-order chi connectivity index (χ1) is 9.52. The van der Waals surface area contributed by atoms with Crippen LogP contribution < -0.4 is 10.5 Å². The van der Waals surface area contributed by atoms with Gasteiger partial charge in [0.05, 0.1) is 12.7 Å². The fraction of sp³-hybridized carbons (Fsp3) is 0.562. The molecule has 3 nitrogen and oxygen atoms in total. The number of ether oxygens (including phenoxy) is 1. The Morgan fingerprint density at radius 1 is 1.35 bits per heavy atom. The second-order valence-electron chi connectivity index (χ2n) is 5.70. The zero-order valence-electron chi connectivity index (χ0n) is 12.6. The summed E-state index contributed by atoms with van der Waals surface area (Å²) >= 11 is 5.05. The molecule has 1 fully saturated rings. The quantitative estimate of drug-likeness (QED) is 0.866. The molecule has 1 aliphatic heterocycles. The van der Waals surface area contributed by atoms with Gasteiger partial charge in [0.2, 0.25) is 0 Å². The molecule has 2 rings (SSSR count). The number of nitrogens with two attached hydrogens (primary N) is 1. The number of thiocarbonyl (C=S) groups is 1. The Kier molecular flexibility index (Phi) is 5.00. The van der Waals surface area contributed by atoms with E-state index >= 15 is 0 Å². The van der Waals surface area contributed by atoms with Crippen LogP contribution in [0.2, 0.25) is 0 Å². The van der Waals surface area contributed by atoms with Crippen LogP contribution in [0.25, 0.3) is 0 Å². The number of benzene rings is 1. The van der Waals surface area contributed by atoms with Crippen molar-refractivity contribution in [1.29, 1.82) is 0 Å². The highest BCUT2D eigenvalue weighted by Crippen LogP contribution is 2.27. The summed E-state index contributed by atoms with van der Waals surface area (Å²) in [6, 6.07) is 7.41. The lowest BCUT2D eigenvalue weighted by molar-refractivity contribution is 0.0952. The van der Waals surface area contributed by atoms with Crippen molar-refractivity contribution in [2.24, 2.45) is 5.73 Å². The molecule has 0 saturated carbocycles. The van der Waals surface area contributed by atoms with Gasteiger partial charge in [-0.25, -0.2) is 0 Å². The SMILES string of the molecule is COc1cc(CN2C(C)CCCC2C)ccc1C(N)=S. The summed E-state index contributed by atoms with van der Waals surface area (Å²) in [7, 11) is 1.66. The summed E-state index contributed by atoms with van der Waals surface area (Å²) in [5, 5.41) is 0. The molecule has 0 aromatic heterocycles. The molecular weight excluding hydrogens is 268 g/mol. The second kappa shape index (κ2) is 6.55. The van der Waals surface area contributed by atoms with E-state index in [1.165, 1.54) is 24.8 Å². The molecule has 0 spiro atoms.